The first-order valence-corrected chi connectivity index (χ1v) is 9.82. The number of rotatable bonds is 5. The number of nitrogens with zero attached hydrogens (tertiary/aromatic N) is 5. The fourth-order valence-corrected chi connectivity index (χ4v) is 3.94. The summed E-state index contributed by atoms with van der Waals surface area (Å²) < 4.78 is 1.84. The summed E-state index contributed by atoms with van der Waals surface area (Å²) in [6.07, 6.45) is 4.78. The van der Waals surface area contributed by atoms with Crippen molar-refractivity contribution >= 4 is 29.0 Å². The van der Waals surface area contributed by atoms with Crippen LogP contribution in [0, 0.1) is 0 Å². The molecule has 140 valence electrons. The third kappa shape index (κ3) is 3.57. The van der Waals surface area contributed by atoms with Gasteiger partial charge in [0.2, 0.25) is 0 Å². The maximum absolute atomic E-state index is 6.67. The summed E-state index contributed by atoms with van der Waals surface area (Å²) in [5.41, 5.74) is 4.66. The van der Waals surface area contributed by atoms with Gasteiger partial charge in [0.1, 0.15) is 0 Å². The van der Waals surface area contributed by atoms with Crippen LogP contribution in [0.4, 0.5) is 5.69 Å². The first-order valence-electron chi connectivity index (χ1n) is 9.44. The smallest absolute Gasteiger partial charge is 0.154 e. The maximum atomic E-state index is 6.67. The molecule has 1 aliphatic heterocycles. The van der Waals surface area contributed by atoms with Gasteiger partial charge in [-0.15, -0.1) is 0 Å². The lowest BCUT2D eigenvalue weighted by molar-refractivity contribution is 0.258. The van der Waals surface area contributed by atoms with Gasteiger partial charge in [0, 0.05) is 31.7 Å². The Balaban J connectivity index is 1.60. The summed E-state index contributed by atoms with van der Waals surface area (Å²) in [7, 11) is 0. The second-order valence-electron chi connectivity index (χ2n) is 6.87. The van der Waals surface area contributed by atoms with Crippen molar-refractivity contribution in [1.29, 1.82) is 0 Å². The van der Waals surface area contributed by atoms with Crippen LogP contribution in [0.1, 0.15) is 19.0 Å². The number of hydrogen-bond donors (Lipinski definition) is 0. The predicted octanol–water partition coefficient (Wildman–Crippen LogP) is 4.22. The Kier molecular flexibility index (Phi) is 5.14. The molecule has 0 aliphatic carbocycles. The predicted molar refractivity (Wildman–Crippen MR) is 112 cm³/mol. The van der Waals surface area contributed by atoms with Crippen LogP contribution >= 0.6 is 11.6 Å². The quantitative estimate of drug-likeness (QED) is 0.662. The number of anilines is 1. The topological polar surface area (TPSA) is 36.7 Å². The zero-order valence-corrected chi connectivity index (χ0v) is 16.4. The minimum absolute atomic E-state index is 0.770. The molecule has 0 radical (unpaired) electrons. The lowest BCUT2D eigenvalue weighted by Gasteiger charge is -2.36. The van der Waals surface area contributed by atoms with Crippen LogP contribution in [0.2, 0.25) is 5.02 Å². The van der Waals surface area contributed by atoms with Gasteiger partial charge in [-0.25, -0.2) is 9.50 Å². The van der Waals surface area contributed by atoms with Crippen LogP contribution in [0.15, 0.2) is 43.1 Å². The van der Waals surface area contributed by atoms with Crippen LogP contribution in [0.3, 0.4) is 0 Å². The largest absolute Gasteiger partial charge is 0.368 e. The van der Waals surface area contributed by atoms with E-state index in [1.807, 2.05) is 28.9 Å². The monoisotopic (exact) mass is 381 g/mol. The van der Waals surface area contributed by atoms with Gasteiger partial charge in [-0.3, -0.25) is 4.90 Å². The van der Waals surface area contributed by atoms with Gasteiger partial charge in [0.25, 0.3) is 0 Å². The van der Waals surface area contributed by atoms with E-state index >= 15 is 0 Å². The Morgan fingerprint density at radius 3 is 2.67 bits per heavy atom. The molecular formula is C21H24ClN5. The maximum Gasteiger partial charge on any atom is 0.154 e. The molecule has 3 aromatic rings. The third-order valence-electron chi connectivity index (χ3n) is 5.09. The van der Waals surface area contributed by atoms with Crippen LogP contribution in [0.5, 0.6) is 0 Å². The second-order valence-corrected chi connectivity index (χ2v) is 7.28. The number of piperazine rings is 1. The molecule has 1 aliphatic rings. The zero-order valence-electron chi connectivity index (χ0n) is 15.6. The van der Waals surface area contributed by atoms with E-state index in [9.17, 15) is 0 Å². The summed E-state index contributed by atoms with van der Waals surface area (Å²) in [5.74, 6) is 0. The van der Waals surface area contributed by atoms with E-state index in [1.165, 1.54) is 13.0 Å². The molecular weight excluding hydrogens is 358 g/mol. The van der Waals surface area contributed by atoms with Gasteiger partial charge in [-0.05, 0) is 43.3 Å². The number of imidazole rings is 1. The molecule has 4 rings (SSSR count). The Bertz CT molecular complexity index is 956. The van der Waals surface area contributed by atoms with Crippen LogP contribution in [-0.2, 0) is 0 Å². The molecule has 0 N–H and O–H groups in total. The van der Waals surface area contributed by atoms with Crippen molar-refractivity contribution < 1.29 is 0 Å². The highest BCUT2D eigenvalue weighted by Crippen LogP contribution is 2.32. The van der Waals surface area contributed by atoms with Gasteiger partial charge in [0.15, 0.2) is 5.65 Å². The van der Waals surface area contributed by atoms with E-state index in [4.69, 9.17) is 11.6 Å². The first-order chi connectivity index (χ1) is 13.2. The summed E-state index contributed by atoms with van der Waals surface area (Å²) in [4.78, 5) is 9.34. The molecule has 6 heteroatoms. The van der Waals surface area contributed by atoms with Gasteiger partial charge < -0.3 is 4.90 Å². The van der Waals surface area contributed by atoms with Crippen molar-refractivity contribution in [3.63, 3.8) is 0 Å². The molecule has 0 saturated carbocycles. The summed E-state index contributed by atoms with van der Waals surface area (Å²) in [6.45, 7) is 11.4. The van der Waals surface area contributed by atoms with E-state index in [0.717, 1.165) is 59.5 Å². The fourth-order valence-electron chi connectivity index (χ4n) is 3.64. The molecule has 0 bridgehead atoms. The van der Waals surface area contributed by atoms with Crippen molar-refractivity contribution in [1.82, 2.24) is 19.5 Å². The lowest BCUT2D eigenvalue weighted by atomic mass is 10.1. The SMILES string of the molecule is C=Cc1ccc2ncc(-c3ccc(N4CCN(CCC)CC4)c(Cl)c3)n2n1. The van der Waals surface area contributed by atoms with Gasteiger partial charge in [0.05, 0.1) is 28.3 Å². The van der Waals surface area contributed by atoms with E-state index in [0.29, 0.717) is 0 Å². The van der Waals surface area contributed by atoms with Crippen molar-refractivity contribution in [2.75, 3.05) is 37.6 Å². The number of fused-ring (bicyclic) bond motifs is 1. The van der Waals surface area contributed by atoms with Crippen molar-refractivity contribution in [3.05, 3.63) is 53.8 Å². The second kappa shape index (κ2) is 7.71. The Hall–Kier alpha value is -2.37. The highest BCUT2D eigenvalue weighted by atomic mass is 35.5. The van der Waals surface area contributed by atoms with E-state index < -0.39 is 0 Å². The van der Waals surface area contributed by atoms with Gasteiger partial charge in [-0.1, -0.05) is 31.2 Å². The number of hydrogen-bond acceptors (Lipinski definition) is 4. The molecule has 0 spiro atoms. The summed E-state index contributed by atoms with van der Waals surface area (Å²) in [6, 6.07) is 10.1. The normalized spacial score (nSPS) is 15.4. The first kappa shape index (κ1) is 18.0. The van der Waals surface area contributed by atoms with Crippen LogP contribution in [-0.4, -0.2) is 52.2 Å². The number of halogens is 1. The van der Waals surface area contributed by atoms with Crippen molar-refractivity contribution in [2.24, 2.45) is 0 Å². The minimum Gasteiger partial charge on any atom is -0.368 e. The lowest BCUT2D eigenvalue weighted by Crippen LogP contribution is -2.46. The van der Waals surface area contributed by atoms with Crippen molar-refractivity contribution in [3.8, 4) is 11.3 Å². The van der Waals surface area contributed by atoms with Crippen molar-refractivity contribution in [2.45, 2.75) is 13.3 Å². The summed E-state index contributed by atoms with van der Waals surface area (Å²) >= 11 is 6.67. The Morgan fingerprint density at radius 2 is 1.96 bits per heavy atom. The molecule has 0 atom stereocenters. The van der Waals surface area contributed by atoms with E-state index in [1.54, 1.807) is 6.08 Å². The molecule has 0 amide bonds. The highest BCUT2D eigenvalue weighted by Gasteiger charge is 2.19. The van der Waals surface area contributed by atoms with Crippen LogP contribution < -0.4 is 4.90 Å². The molecule has 1 aromatic carbocycles. The zero-order chi connectivity index (χ0) is 18.8. The molecule has 27 heavy (non-hydrogen) atoms. The third-order valence-corrected chi connectivity index (χ3v) is 5.39. The standard InChI is InChI=1S/C21H24ClN5/c1-3-9-25-10-12-26(13-11-25)19-7-5-16(14-18(19)22)20-15-23-21-8-6-17(4-2)24-27(20)21/h4-8,14-15H,2-3,9-13H2,1H3. The summed E-state index contributed by atoms with van der Waals surface area (Å²) in [5, 5.41) is 5.34. The minimum atomic E-state index is 0.770. The molecule has 1 saturated heterocycles. The molecule has 0 unspecified atom stereocenters. The molecule has 5 nitrogen and oxygen atoms in total. The average Bonchev–Trinajstić information content (AvgIpc) is 3.12. The highest BCUT2D eigenvalue weighted by molar-refractivity contribution is 6.33. The van der Waals surface area contributed by atoms with Gasteiger partial charge >= 0.3 is 0 Å². The number of aromatic nitrogens is 3. The number of benzene rings is 1. The Morgan fingerprint density at radius 1 is 1.15 bits per heavy atom. The van der Waals surface area contributed by atoms with E-state index in [-0.39, 0.29) is 0 Å². The van der Waals surface area contributed by atoms with E-state index in [2.05, 4.69) is 45.5 Å². The molecule has 2 aromatic heterocycles. The average molecular weight is 382 g/mol. The van der Waals surface area contributed by atoms with Crippen LogP contribution in [0.25, 0.3) is 23.0 Å². The van der Waals surface area contributed by atoms with Gasteiger partial charge in [-0.2, -0.15) is 5.10 Å². The molecule has 1 fully saturated rings. The molecule has 3 heterocycles. The Labute approximate surface area is 164 Å². The fraction of sp³-hybridized carbons (Fsp3) is 0.333.